The molecule has 1 amide bonds. The predicted octanol–water partition coefficient (Wildman–Crippen LogP) is 5.03. The summed E-state index contributed by atoms with van der Waals surface area (Å²) < 4.78 is 8.94. The van der Waals surface area contributed by atoms with Crippen LogP contribution in [0.25, 0.3) is 11.0 Å². The molecule has 302 valence electrons. The Balaban J connectivity index is 0.821. The molecule has 3 aliphatic carbocycles. The van der Waals surface area contributed by atoms with Crippen LogP contribution in [0, 0.1) is 11.8 Å². The van der Waals surface area contributed by atoms with E-state index in [1.165, 1.54) is 39.4 Å². The first-order chi connectivity index (χ1) is 27.1. The van der Waals surface area contributed by atoms with Crippen LogP contribution in [0.5, 0.6) is 0 Å². The fourth-order valence-electron chi connectivity index (χ4n) is 9.91. The lowest BCUT2D eigenvalue weighted by Gasteiger charge is -2.45. The van der Waals surface area contributed by atoms with Crippen molar-refractivity contribution >= 4 is 61.5 Å². The molecule has 8 rings (SSSR count). The number of piperidine rings is 1. The summed E-state index contributed by atoms with van der Waals surface area (Å²) in [6.07, 6.45) is 8.67. The summed E-state index contributed by atoms with van der Waals surface area (Å²) in [5.74, 6) is -0.463. The summed E-state index contributed by atoms with van der Waals surface area (Å²) in [7, 11) is 2.18. The zero-order chi connectivity index (χ0) is 39.0. The number of aromatic nitrogens is 3. The van der Waals surface area contributed by atoms with Crippen LogP contribution in [0.3, 0.4) is 0 Å². The summed E-state index contributed by atoms with van der Waals surface area (Å²) in [6, 6.07) is 9.56. The molecule has 15 heteroatoms. The van der Waals surface area contributed by atoms with Crippen LogP contribution in [-0.4, -0.2) is 97.6 Å². The molecule has 1 aliphatic heterocycles. The van der Waals surface area contributed by atoms with Gasteiger partial charge in [0, 0.05) is 32.1 Å². The van der Waals surface area contributed by atoms with Gasteiger partial charge in [0.1, 0.15) is 11.6 Å². The van der Waals surface area contributed by atoms with Crippen molar-refractivity contribution in [1.29, 1.82) is 0 Å². The quantitative estimate of drug-likeness (QED) is 0.109. The van der Waals surface area contributed by atoms with E-state index >= 15 is 0 Å². The fraction of sp³-hybridized carbons (Fsp3) is 0.610. The van der Waals surface area contributed by atoms with E-state index in [-0.39, 0.29) is 29.9 Å². The second kappa shape index (κ2) is 17.2. The number of hydrogen-bond acceptors (Lipinski definition) is 12. The number of amides is 1. The number of rotatable bonds is 14. The van der Waals surface area contributed by atoms with Crippen LogP contribution in [-0.2, 0) is 45.9 Å². The minimum atomic E-state index is -1.81. The van der Waals surface area contributed by atoms with E-state index in [9.17, 15) is 24.9 Å². The number of ether oxygens (including phenoxy) is 1. The van der Waals surface area contributed by atoms with E-state index < -0.39 is 23.8 Å². The molecule has 0 spiro atoms. The Morgan fingerprint density at radius 3 is 2.71 bits per heavy atom. The molecule has 0 radical (unpaired) electrons. The van der Waals surface area contributed by atoms with Gasteiger partial charge in [-0.15, -0.1) is 27.8 Å². The average molecular weight is 870 g/mol. The maximum atomic E-state index is 13.5. The number of fused-ring (bicyclic) bond motifs is 4. The van der Waals surface area contributed by atoms with E-state index in [4.69, 9.17) is 4.74 Å². The van der Waals surface area contributed by atoms with Gasteiger partial charge in [-0.05, 0) is 158 Å². The Morgan fingerprint density at radius 1 is 1.12 bits per heavy atom. The Hall–Kier alpha value is -2.76. The molecule has 3 aromatic heterocycles. The van der Waals surface area contributed by atoms with Crippen molar-refractivity contribution in [3.8, 4) is 0 Å². The molecule has 0 bridgehead atoms. The lowest BCUT2D eigenvalue weighted by molar-refractivity contribution is -0.169. The van der Waals surface area contributed by atoms with Crippen LogP contribution in [0.15, 0.2) is 39.5 Å². The molecular formula is C41H53BrN6O6S2. The number of aliphatic hydroxyl groups excluding tert-OH is 2. The second-order valence-electron chi connectivity index (χ2n) is 16.3. The Bertz CT molecular complexity index is 2000. The number of esters is 1. The largest absolute Gasteiger partial charge is 0.460 e. The van der Waals surface area contributed by atoms with E-state index in [1.807, 2.05) is 17.5 Å². The van der Waals surface area contributed by atoms with Gasteiger partial charge in [-0.1, -0.05) is 11.3 Å². The molecule has 6 atom stereocenters. The molecule has 5 N–H and O–H groups in total. The molecule has 4 heterocycles. The highest BCUT2D eigenvalue weighted by Gasteiger charge is 2.46. The SMILES string of the molecule is CN(CCCn1nnc2cc(CNC[C@H](O)C3CCC(O)C4NC(=O)CCC43)c3c(c21)CCC3)C1CCC(OC(=O)[C@](O)(c2cccs2)c2ccc(Br)s2)CC1. The number of nitrogens with one attached hydrogen (secondary N) is 2. The second-order valence-corrected chi connectivity index (χ2v) is 19.7. The topological polar surface area (TPSA) is 162 Å². The van der Waals surface area contributed by atoms with Crippen molar-refractivity contribution in [3.05, 3.63) is 65.9 Å². The van der Waals surface area contributed by atoms with Crippen molar-refractivity contribution in [2.75, 3.05) is 20.1 Å². The van der Waals surface area contributed by atoms with E-state index in [0.29, 0.717) is 48.1 Å². The smallest absolute Gasteiger partial charge is 0.349 e. The maximum absolute atomic E-state index is 13.5. The molecule has 1 saturated heterocycles. The zero-order valence-corrected chi connectivity index (χ0v) is 35.1. The normalized spacial score (nSPS) is 26.8. The minimum absolute atomic E-state index is 0.00603. The lowest BCUT2D eigenvalue weighted by Crippen LogP contribution is -2.58. The number of halogens is 1. The monoisotopic (exact) mass is 868 g/mol. The number of aryl methyl sites for hydroxylation is 2. The van der Waals surface area contributed by atoms with E-state index in [0.717, 1.165) is 85.7 Å². The highest BCUT2D eigenvalue weighted by Crippen LogP contribution is 2.41. The number of hydrogen-bond donors (Lipinski definition) is 5. The third kappa shape index (κ3) is 8.12. The molecule has 1 aromatic carbocycles. The van der Waals surface area contributed by atoms with Gasteiger partial charge in [-0.25, -0.2) is 9.48 Å². The maximum Gasteiger partial charge on any atom is 0.349 e. The van der Waals surface area contributed by atoms with Gasteiger partial charge in [-0.3, -0.25) is 4.79 Å². The van der Waals surface area contributed by atoms with Gasteiger partial charge in [-0.2, -0.15) is 0 Å². The predicted molar refractivity (Wildman–Crippen MR) is 219 cm³/mol. The van der Waals surface area contributed by atoms with Gasteiger partial charge in [0.2, 0.25) is 11.5 Å². The average Bonchev–Trinajstić information content (AvgIpc) is 4.03. The molecule has 12 nitrogen and oxygen atoms in total. The third-order valence-corrected chi connectivity index (χ3v) is 15.6. The summed E-state index contributed by atoms with van der Waals surface area (Å²) >= 11 is 6.16. The summed E-state index contributed by atoms with van der Waals surface area (Å²) in [5.41, 5.74) is 4.22. The molecule has 4 aromatic rings. The number of nitrogens with zero attached hydrogens (tertiary/aromatic N) is 4. The van der Waals surface area contributed by atoms with Crippen molar-refractivity contribution in [3.63, 3.8) is 0 Å². The number of benzene rings is 1. The first-order valence-electron chi connectivity index (χ1n) is 20.3. The van der Waals surface area contributed by atoms with Crippen LogP contribution in [0.1, 0.15) is 90.7 Å². The zero-order valence-electron chi connectivity index (χ0n) is 31.9. The Morgan fingerprint density at radius 2 is 1.95 bits per heavy atom. The highest BCUT2D eigenvalue weighted by atomic mass is 79.9. The number of carbonyl (C=O) groups is 2. The number of aliphatic hydroxyl groups is 3. The molecular weight excluding hydrogens is 817 g/mol. The lowest BCUT2D eigenvalue weighted by atomic mass is 9.68. The van der Waals surface area contributed by atoms with Crippen molar-refractivity contribution in [2.24, 2.45) is 11.8 Å². The van der Waals surface area contributed by atoms with Crippen molar-refractivity contribution < 1.29 is 29.6 Å². The van der Waals surface area contributed by atoms with Gasteiger partial charge in [0.25, 0.3) is 0 Å². The molecule has 4 aliphatic rings. The molecule has 4 unspecified atom stereocenters. The standard InChI is InChI=1S/C41H53BrN6O6S2/c1-47(25-8-10-26(11-9-25)54-40(52)41(53,34-7-3-20-55-34)35-15-16-36(42)56-35)18-4-19-48-39-30-6-2-5-27(30)24(21-31(39)45-46-48)22-43-23-33(50)28-12-14-32(49)38-29(28)13-17-37(51)44-38/h3,7,15-16,20-21,25-26,28-29,32-33,38,43,49-50,53H,2,4-6,8-14,17-19,22-23H2,1H3,(H,44,51)/t25?,26?,28?,29?,32?,33-,38?,41-/m0/s1. The van der Waals surface area contributed by atoms with Gasteiger partial charge < -0.3 is 35.6 Å². The van der Waals surface area contributed by atoms with E-state index in [1.54, 1.807) is 12.1 Å². The summed E-state index contributed by atoms with van der Waals surface area (Å²) in [5, 5.41) is 51.0. The summed E-state index contributed by atoms with van der Waals surface area (Å²) in [6.45, 7) is 2.81. The first kappa shape index (κ1) is 40.0. The van der Waals surface area contributed by atoms with E-state index in [2.05, 4.69) is 59.6 Å². The minimum Gasteiger partial charge on any atom is -0.460 e. The van der Waals surface area contributed by atoms with Crippen molar-refractivity contribution in [1.82, 2.24) is 30.5 Å². The highest BCUT2D eigenvalue weighted by molar-refractivity contribution is 9.11. The van der Waals surface area contributed by atoms with Gasteiger partial charge in [0.05, 0.1) is 37.3 Å². The summed E-state index contributed by atoms with van der Waals surface area (Å²) in [4.78, 5) is 29.1. The van der Waals surface area contributed by atoms with Crippen LogP contribution in [0.2, 0.25) is 0 Å². The fourth-order valence-corrected chi connectivity index (χ4v) is 12.3. The Kier molecular flexibility index (Phi) is 12.3. The molecule has 56 heavy (non-hydrogen) atoms. The van der Waals surface area contributed by atoms with Crippen LogP contribution in [0.4, 0.5) is 0 Å². The third-order valence-electron chi connectivity index (χ3n) is 12.9. The van der Waals surface area contributed by atoms with Crippen LogP contribution < -0.4 is 10.6 Å². The Labute approximate surface area is 344 Å². The first-order valence-corrected chi connectivity index (χ1v) is 22.8. The number of carbonyl (C=O) groups excluding carboxylic acids is 2. The van der Waals surface area contributed by atoms with Gasteiger partial charge in [0.15, 0.2) is 0 Å². The van der Waals surface area contributed by atoms with Crippen LogP contribution >= 0.6 is 38.6 Å². The van der Waals surface area contributed by atoms with Gasteiger partial charge >= 0.3 is 5.97 Å². The number of thiophene rings is 2. The van der Waals surface area contributed by atoms with Crippen molar-refractivity contribution in [2.45, 2.75) is 126 Å². The molecule has 3 fully saturated rings. The molecule has 2 saturated carbocycles.